The fourth-order valence-corrected chi connectivity index (χ4v) is 2.15. The average Bonchev–Trinajstić information content (AvgIpc) is 3.08. The summed E-state index contributed by atoms with van der Waals surface area (Å²) >= 11 is 0. The number of benzene rings is 1. The lowest BCUT2D eigenvalue weighted by molar-refractivity contribution is 0.0183. The summed E-state index contributed by atoms with van der Waals surface area (Å²) in [4.78, 5) is 11.7. The van der Waals surface area contributed by atoms with Crippen molar-refractivity contribution in [2.75, 3.05) is 6.54 Å². The first-order chi connectivity index (χ1) is 11.8. The third-order valence-corrected chi connectivity index (χ3v) is 3.66. The van der Waals surface area contributed by atoms with Crippen LogP contribution < -0.4 is 5.32 Å². The standard InChI is InChI=1S/C18H25N3O4/c1-18(2,3)21-11-14(9-20-21)16(23)15(22)10-19-17(24)25-12-13-7-5-4-6-8-13/h4-9,11,15-16,22-23H,10,12H2,1-3H3,(H,19,24). The largest absolute Gasteiger partial charge is 0.445 e. The Morgan fingerprint density at radius 1 is 1.28 bits per heavy atom. The average molecular weight is 347 g/mol. The number of nitrogens with zero attached hydrogens (tertiary/aromatic N) is 2. The van der Waals surface area contributed by atoms with Gasteiger partial charge in [-0.3, -0.25) is 4.68 Å². The van der Waals surface area contributed by atoms with Crippen LogP contribution in [0, 0.1) is 0 Å². The summed E-state index contributed by atoms with van der Waals surface area (Å²) in [5.74, 6) is 0. The van der Waals surface area contributed by atoms with Crippen LogP contribution >= 0.6 is 0 Å². The number of ether oxygens (including phenoxy) is 1. The van der Waals surface area contributed by atoms with Crippen LogP contribution in [0.15, 0.2) is 42.7 Å². The summed E-state index contributed by atoms with van der Waals surface area (Å²) in [6.07, 6.45) is 0.224. The number of aliphatic hydroxyl groups is 2. The van der Waals surface area contributed by atoms with Gasteiger partial charge in [-0.2, -0.15) is 5.10 Å². The molecule has 25 heavy (non-hydrogen) atoms. The van der Waals surface area contributed by atoms with E-state index in [1.165, 1.54) is 6.20 Å². The highest BCUT2D eigenvalue weighted by Crippen LogP contribution is 2.20. The minimum absolute atomic E-state index is 0.129. The van der Waals surface area contributed by atoms with Crippen LogP contribution in [0.3, 0.4) is 0 Å². The molecule has 2 rings (SSSR count). The molecule has 1 heterocycles. The van der Waals surface area contributed by atoms with Crippen LogP contribution in [0.5, 0.6) is 0 Å². The smallest absolute Gasteiger partial charge is 0.407 e. The lowest BCUT2D eigenvalue weighted by atomic mass is 10.1. The first-order valence-corrected chi connectivity index (χ1v) is 8.13. The molecule has 0 fully saturated rings. The fraction of sp³-hybridized carbons (Fsp3) is 0.444. The van der Waals surface area contributed by atoms with Gasteiger partial charge in [0.05, 0.1) is 11.7 Å². The molecule has 2 unspecified atom stereocenters. The van der Waals surface area contributed by atoms with Gasteiger partial charge < -0.3 is 20.3 Å². The van der Waals surface area contributed by atoms with E-state index < -0.39 is 18.3 Å². The van der Waals surface area contributed by atoms with Gasteiger partial charge in [-0.15, -0.1) is 0 Å². The highest BCUT2D eigenvalue weighted by atomic mass is 16.5. The number of amides is 1. The molecular formula is C18H25N3O4. The number of carbonyl (C=O) groups excluding carboxylic acids is 1. The zero-order valence-corrected chi connectivity index (χ0v) is 14.7. The van der Waals surface area contributed by atoms with E-state index in [4.69, 9.17) is 4.74 Å². The van der Waals surface area contributed by atoms with Gasteiger partial charge in [0.15, 0.2) is 0 Å². The van der Waals surface area contributed by atoms with E-state index in [0.717, 1.165) is 5.56 Å². The second kappa shape index (κ2) is 8.13. The highest BCUT2D eigenvalue weighted by molar-refractivity contribution is 5.67. The third-order valence-electron chi connectivity index (χ3n) is 3.66. The van der Waals surface area contributed by atoms with Gasteiger partial charge in [0.1, 0.15) is 18.8 Å². The molecule has 0 saturated carbocycles. The maximum atomic E-state index is 11.7. The SMILES string of the molecule is CC(C)(C)n1cc(C(O)C(O)CNC(=O)OCc2ccccc2)cn1. The van der Waals surface area contributed by atoms with Crippen molar-refractivity contribution in [1.82, 2.24) is 15.1 Å². The van der Waals surface area contributed by atoms with Crippen molar-refractivity contribution < 1.29 is 19.7 Å². The minimum atomic E-state index is -1.16. The number of hydrogen-bond acceptors (Lipinski definition) is 5. The zero-order valence-electron chi connectivity index (χ0n) is 14.7. The van der Waals surface area contributed by atoms with Crippen molar-refractivity contribution in [1.29, 1.82) is 0 Å². The third kappa shape index (κ3) is 5.58. The topological polar surface area (TPSA) is 96.6 Å². The molecule has 136 valence electrons. The Bertz CT molecular complexity index is 679. The Labute approximate surface area is 147 Å². The van der Waals surface area contributed by atoms with Gasteiger partial charge in [0.2, 0.25) is 0 Å². The highest BCUT2D eigenvalue weighted by Gasteiger charge is 2.23. The van der Waals surface area contributed by atoms with Crippen molar-refractivity contribution in [3.8, 4) is 0 Å². The maximum absolute atomic E-state index is 11.7. The fourth-order valence-electron chi connectivity index (χ4n) is 2.15. The number of aliphatic hydroxyl groups excluding tert-OH is 2. The van der Waals surface area contributed by atoms with Crippen LogP contribution in [-0.4, -0.2) is 38.7 Å². The molecule has 0 aliphatic heterocycles. The summed E-state index contributed by atoms with van der Waals surface area (Å²) in [6.45, 7) is 5.96. The Morgan fingerprint density at radius 3 is 2.56 bits per heavy atom. The molecule has 2 aromatic rings. The van der Waals surface area contributed by atoms with E-state index >= 15 is 0 Å². The lowest BCUT2D eigenvalue weighted by Gasteiger charge is -2.20. The van der Waals surface area contributed by atoms with E-state index in [1.807, 2.05) is 51.1 Å². The molecule has 3 N–H and O–H groups in total. The predicted molar refractivity (Wildman–Crippen MR) is 92.8 cm³/mol. The molecule has 7 nitrogen and oxygen atoms in total. The minimum Gasteiger partial charge on any atom is -0.445 e. The molecule has 0 spiro atoms. The monoisotopic (exact) mass is 347 g/mol. The Balaban J connectivity index is 1.79. The van der Waals surface area contributed by atoms with Crippen molar-refractivity contribution in [2.24, 2.45) is 0 Å². The summed E-state index contributed by atoms with van der Waals surface area (Å²) in [6, 6.07) is 9.28. The first-order valence-electron chi connectivity index (χ1n) is 8.13. The van der Waals surface area contributed by atoms with Crippen molar-refractivity contribution in [3.63, 3.8) is 0 Å². The Hall–Kier alpha value is -2.38. The van der Waals surface area contributed by atoms with Crippen LogP contribution in [0.1, 0.15) is 38.0 Å². The van der Waals surface area contributed by atoms with Crippen molar-refractivity contribution in [2.45, 2.75) is 45.1 Å². The molecular weight excluding hydrogens is 322 g/mol. The second-order valence-electron chi connectivity index (χ2n) is 6.84. The number of nitrogens with one attached hydrogen (secondary N) is 1. The maximum Gasteiger partial charge on any atom is 0.407 e. The molecule has 2 atom stereocenters. The van der Waals surface area contributed by atoms with Gasteiger partial charge in [0.25, 0.3) is 0 Å². The molecule has 1 aromatic heterocycles. The van der Waals surface area contributed by atoms with E-state index in [0.29, 0.717) is 5.56 Å². The molecule has 7 heteroatoms. The van der Waals surface area contributed by atoms with E-state index in [2.05, 4.69) is 10.4 Å². The van der Waals surface area contributed by atoms with E-state index in [1.54, 1.807) is 10.9 Å². The number of carbonyl (C=O) groups is 1. The van der Waals surface area contributed by atoms with Crippen LogP contribution in [0.25, 0.3) is 0 Å². The van der Waals surface area contributed by atoms with Gasteiger partial charge >= 0.3 is 6.09 Å². The predicted octanol–water partition coefficient (Wildman–Crippen LogP) is 1.96. The molecule has 1 amide bonds. The van der Waals surface area contributed by atoms with E-state index in [9.17, 15) is 15.0 Å². The van der Waals surface area contributed by atoms with Crippen molar-refractivity contribution in [3.05, 3.63) is 53.9 Å². The molecule has 0 radical (unpaired) electrons. The number of hydrogen-bond donors (Lipinski definition) is 3. The van der Waals surface area contributed by atoms with Crippen molar-refractivity contribution >= 4 is 6.09 Å². The number of aromatic nitrogens is 2. The summed E-state index contributed by atoms with van der Waals surface area (Å²) < 4.78 is 6.76. The number of rotatable bonds is 6. The Kier molecular flexibility index (Phi) is 6.17. The zero-order chi connectivity index (χ0) is 18.4. The molecule has 0 bridgehead atoms. The summed E-state index contributed by atoms with van der Waals surface area (Å²) in [5.41, 5.74) is 1.14. The quantitative estimate of drug-likeness (QED) is 0.742. The second-order valence-corrected chi connectivity index (χ2v) is 6.84. The van der Waals surface area contributed by atoms with Crippen LogP contribution in [-0.2, 0) is 16.9 Å². The van der Waals surface area contributed by atoms with Gasteiger partial charge in [-0.05, 0) is 26.3 Å². The summed E-state index contributed by atoms with van der Waals surface area (Å²) in [7, 11) is 0. The van der Waals surface area contributed by atoms with Gasteiger partial charge in [-0.1, -0.05) is 30.3 Å². The van der Waals surface area contributed by atoms with Crippen LogP contribution in [0.2, 0.25) is 0 Å². The molecule has 1 aromatic carbocycles. The molecule has 0 aliphatic carbocycles. The molecule has 0 aliphatic rings. The summed E-state index contributed by atoms with van der Waals surface area (Å²) in [5, 5.41) is 26.9. The first kappa shape index (κ1) is 19.0. The number of alkyl carbamates (subject to hydrolysis) is 1. The lowest BCUT2D eigenvalue weighted by Crippen LogP contribution is -2.35. The van der Waals surface area contributed by atoms with Crippen LogP contribution in [0.4, 0.5) is 4.79 Å². The molecule has 0 saturated heterocycles. The normalized spacial score (nSPS) is 14.0. The Morgan fingerprint density at radius 2 is 1.96 bits per heavy atom. The van der Waals surface area contributed by atoms with Gasteiger partial charge in [0, 0.05) is 18.3 Å². The van der Waals surface area contributed by atoms with E-state index in [-0.39, 0.29) is 18.7 Å². The van der Waals surface area contributed by atoms with Gasteiger partial charge in [-0.25, -0.2) is 4.79 Å².